The number of carbonyl (C=O) groups excluding carboxylic acids is 2. The second-order valence-electron chi connectivity index (χ2n) is 10.1. The Bertz CT molecular complexity index is 472. The van der Waals surface area contributed by atoms with Crippen LogP contribution in [0.5, 0.6) is 0 Å². The fourth-order valence-electron chi connectivity index (χ4n) is 4.84. The Morgan fingerprint density at radius 3 is 1.47 bits per heavy atom. The van der Waals surface area contributed by atoms with E-state index in [1.807, 2.05) is 21.1 Å². The van der Waals surface area contributed by atoms with Crippen molar-refractivity contribution in [2.75, 3.05) is 21.1 Å². The Morgan fingerprint density at radius 1 is 0.800 bits per heavy atom. The van der Waals surface area contributed by atoms with E-state index in [0.29, 0.717) is 6.42 Å². The predicted molar refractivity (Wildman–Crippen MR) is 122 cm³/mol. The van der Waals surface area contributed by atoms with Crippen molar-refractivity contribution in [2.24, 2.45) is 0 Å². The van der Waals surface area contributed by atoms with Gasteiger partial charge in [0.1, 0.15) is 5.60 Å². The summed E-state index contributed by atoms with van der Waals surface area (Å²) in [5.74, 6) is -1.49. The van der Waals surface area contributed by atoms with Crippen LogP contribution in [0.4, 0.5) is 0 Å². The molecule has 0 aliphatic heterocycles. The lowest BCUT2D eigenvalue weighted by Crippen LogP contribution is -2.63. The quantitative estimate of drug-likeness (QED) is 0.231. The number of aliphatic hydroxyl groups is 1. The molecule has 0 bridgehead atoms. The molecule has 1 N–H and O–H groups in total. The molecule has 2 unspecified atom stereocenters. The summed E-state index contributed by atoms with van der Waals surface area (Å²) < 4.78 is 0.206. The molecule has 0 saturated carbocycles. The average Bonchev–Trinajstić information content (AvgIpc) is 2.59. The summed E-state index contributed by atoms with van der Waals surface area (Å²) in [7, 11) is 5.45. The molecule has 0 spiro atoms. The molecular formula is C25H49NO4. The molecule has 5 nitrogen and oxygen atoms in total. The second kappa shape index (κ2) is 15.8. The lowest BCUT2D eigenvalue weighted by atomic mass is 9.81. The van der Waals surface area contributed by atoms with Crippen LogP contribution < -0.4 is 5.11 Å². The van der Waals surface area contributed by atoms with Crippen molar-refractivity contribution >= 4 is 11.8 Å². The Balaban J connectivity index is 4.08. The second-order valence-corrected chi connectivity index (χ2v) is 10.1. The third-order valence-corrected chi connectivity index (χ3v) is 6.08. The van der Waals surface area contributed by atoms with E-state index in [4.69, 9.17) is 0 Å². The monoisotopic (exact) mass is 427 g/mol. The number of nitrogens with zero attached hydrogens (tertiary/aromatic N) is 1. The summed E-state index contributed by atoms with van der Waals surface area (Å²) in [5, 5.41) is 22.3. The number of Topliss-reactive ketones (excluding diaryl/α,β-unsaturated/α-hetero) is 1. The minimum Gasteiger partial charge on any atom is -0.550 e. The molecule has 178 valence electrons. The Hall–Kier alpha value is -0.940. The largest absolute Gasteiger partial charge is 0.550 e. The van der Waals surface area contributed by atoms with E-state index >= 15 is 0 Å². The molecule has 0 rings (SSSR count). The van der Waals surface area contributed by atoms with Gasteiger partial charge in [0, 0.05) is 19.3 Å². The minimum atomic E-state index is -1.56. The first-order valence-electron chi connectivity index (χ1n) is 12.3. The van der Waals surface area contributed by atoms with Crippen molar-refractivity contribution in [3.63, 3.8) is 0 Å². The summed E-state index contributed by atoms with van der Waals surface area (Å²) in [6, 6.07) is -0.766. The highest BCUT2D eigenvalue weighted by Gasteiger charge is 2.47. The molecule has 0 aromatic heterocycles. The average molecular weight is 428 g/mol. The maximum atomic E-state index is 12.2. The summed E-state index contributed by atoms with van der Waals surface area (Å²) in [5.41, 5.74) is -1.56. The number of hydrogen-bond donors (Lipinski definition) is 1. The number of ketones is 1. The number of aliphatic carboxylic acids is 1. The van der Waals surface area contributed by atoms with Crippen molar-refractivity contribution < 1.29 is 24.3 Å². The highest BCUT2D eigenvalue weighted by molar-refractivity contribution is 5.82. The van der Waals surface area contributed by atoms with E-state index in [-0.39, 0.29) is 10.3 Å². The molecule has 0 aromatic carbocycles. The number of hydrogen-bond acceptors (Lipinski definition) is 4. The van der Waals surface area contributed by atoms with Gasteiger partial charge in [-0.25, -0.2) is 0 Å². The van der Waals surface area contributed by atoms with E-state index in [9.17, 15) is 19.8 Å². The van der Waals surface area contributed by atoms with Crippen molar-refractivity contribution in [1.82, 2.24) is 0 Å². The normalized spacial score (nSPS) is 15.0. The van der Waals surface area contributed by atoms with Gasteiger partial charge in [-0.2, -0.15) is 0 Å². The molecule has 0 fully saturated rings. The molecule has 0 amide bonds. The zero-order chi connectivity index (χ0) is 23.0. The maximum Gasteiger partial charge on any atom is 0.189 e. The molecule has 0 radical (unpaired) electrons. The summed E-state index contributed by atoms with van der Waals surface area (Å²) in [6.07, 6.45) is 17.2. The molecule has 0 aromatic rings. The summed E-state index contributed by atoms with van der Waals surface area (Å²) >= 11 is 0. The van der Waals surface area contributed by atoms with Gasteiger partial charge in [-0.05, 0) is 6.42 Å². The molecule has 0 saturated heterocycles. The summed E-state index contributed by atoms with van der Waals surface area (Å²) in [4.78, 5) is 23.4. The molecule has 2 atom stereocenters. The molecule has 0 aliphatic carbocycles. The predicted octanol–water partition coefficient (Wildman–Crippen LogP) is 4.39. The van der Waals surface area contributed by atoms with Crippen LogP contribution in [-0.2, 0) is 9.59 Å². The van der Waals surface area contributed by atoms with Crippen LogP contribution in [0.1, 0.15) is 117 Å². The highest BCUT2D eigenvalue weighted by atomic mass is 16.4. The number of carboxylic acid groups (broad SMARTS) is 1. The van der Waals surface area contributed by atoms with Gasteiger partial charge in [0.15, 0.2) is 11.8 Å². The number of likely N-dealkylation sites (N-methyl/N-ethyl adjacent to an activating group) is 1. The SMILES string of the molecule is CCCCCCCCCCCCCCCCC(O)(CC(=O)[O-])C(C(C)=O)[N+](C)(C)C. The smallest absolute Gasteiger partial charge is 0.189 e. The summed E-state index contributed by atoms with van der Waals surface area (Å²) in [6.45, 7) is 3.68. The molecule has 5 heteroatoms. The maximum absolute atomic E-state index is 12.2. The number of unbranched alkanes of at least 4 members (excludes halogenated alkanes) is 13. The third kappa shape index (κ3) is 13.4. The van der Waals surface area contributed by atoms with Crippen LogP contribution in [0.15, 0.2) is 0 Å². The zero-order valence-corrected chi connectivity index (χ0v) is 20.5. The van der Waals surface area contributed by atoms with Gasteiger partial charge in [0.05, 0.1) is 21.1 Å². The van der Waals surface area contributed by atoms with Gasteiger partial charge in [-0.1, -0.05) is 96.8 Å². The van der Waals surface area contributed by atoms with E-state index in [0.717, 1.165) is 19.3 Å². The molecular weight excluding hydrogens is 378 g/mol. The van der Waals surface area contributed by atoms with E-state index in [1.54, 1.807) is 0 Å². The number of rotatable bonds is 20. The standard InChI is InChI=1S/C25H49NO4/c1-6-7-8-9-10-11-12-13-14-15-16-17-18-19-20-25(30,21-23(28)29)24(22(2)27)26(3,4)5/h24,30H,6-21H2,1-5H3. The van der Waals surface area contributed by atoms with Gasteiger partial charge in [-0.3, -0.25) is 4.79 Å². The van der Waals surface area contributed by atoms with Crippen LogP contribution in [0.3, 0.4) is 0 Å². The van der Waals surface area contributed by atoms with Gasteiger partial charge in [0.25, 0.3) is 0 Å². The van der Waals surface area contributed by atoms with Crippen molar-refractivity contribution in [1.29, 1.82) is 0 Å². The lowest BCUT2D eigenvalue weighted by Gasteiger charge is -2.43. The first-order chi connectivity index (χ1) is 14.0. The molecule has 30 heavy (non-hydrogen) atoms. The van der Waals surface area contributed by atoms with E-state index in [2.05, 4.69) is 6.92 Å². The van der Waals surface area contributed by atoms with E-state index in [1.165, 1.54) is 77.6 Å². The molecule has 0 aliphatic rings. The van der Waals surface area contributed by atoms with Crippen molar-refractivity contribution in [3.05, 3.63) is 0 Å². The fourth-order valence-corrected chi connectivity index (χ4v) is 4.84. The first kappa shape index (κ1) is 29.1. The van der Waals surface area contributed by atoms with Gasteiger partial charge >= 0.3 is 0 Å². The van der Waals surface area contributed by atoms with Crippen molar-refractivity contribution in [3.8, 4) is 0 Å². The molecule has 0 heterocycles. The minimum absolute atomic E-state index is 0.184. The van der Waals surface area contributed by atoms with Crippen LogP contribution in [0.25, 0.3) is 0 Å². The first-order valence-corrected chi connectivity index (χ1v) is 12.3. The fraction of sp³-hybridized carbons (Fsp3) is 0.920. The number of quaternary nitrogens is 1. The number of carbonyl (C=O) groups is 2. The van der Waals surface area contributed by atoms with Gasteiger partial charge < -0.3 is 19.5 Å². The topological polar surface area (TPSA) is 77.4 Å². The third-order valence-electron chi connectivity index (χ3n) is 6.08. The highest BCUT2D eigenvalue weighted by Crippen LogP contribution is 2.29. The number of carboxylic acids is 1. The van der Waals surface area contributed by atoms with Gasteiger partial charge in [0.2, 0.25) is 0 Å². The Labute approximate surface area is 185 Å². The van der Waals surface area contributed by atoms with Gasteiger partial charge in [-0.15, -0.1) is 0 Å². The van der Waals surface area contributed by atoms with Crippen molar-refractivity contribution in [2.45, 2.75) is 128 Å². The Kier molecular flexibility index (Phi) is 15.3. The van der Waals surface area contributed by atoms with E-state index < -0.39 is 24.0 Å². The van der Waals surface area contributed by atoms with Crippen LogP contribution in [0.2, 0.25) is 0 Å². The van der Waals surface area contributed by atoms with Crippen LogP contribution >= 0.6 is 0 Å². The van der Waals surface area contributed by atoms with Crippen LogP contribution in [-0.4, -0.2) is 54.1 Å². The lowest BCUT2D eigenvalue weighted by molar-refractivity contribution is -0.893. The zero-order valence-electron chi connectivity index (χ0n) is 20.5. The van der Waals surface area contributed by atoms with Crippen LogP contribution in [0, 0.1) is 0 Å². The Morgan fingerprint density at radius 2 is 1.17 bits per heavy atom.